The van der Waals surface area contributed by atoms with Crippen molar-refractivity contribution in [2.45, 2.75) is 38.8 Å². The first-order valence-electron chi connectivity index (χ1n) is 12.5. The van der Waals surface area contributed by atoms with Crippen LogP contribution < -0.4 is 16.1 Å². The number of carbonyl (C=O) groups excluding carboxylic acids is 2. The second-order valence-corrected chi connectivity index (χ2v) is 9.06. The third kappa shape index (κ3) is 7.11. The minimum absolute atomic E-state index is 0. The summed E-state index contributed by atoms with van der Waals surface area (Å²) in [6, 6.07) is 16.8. The largest absolute Gasteiger partial charge is 0.464 e. The summed E-state index contributed by atoms with van der Waals surface area (Å²) in [6.07, 6.45) is 2.51. The van der Waals surface area contributed by atoms with E-state index in [2.05, 4.69) is 10.6 Å². The maximum Gasteiger partial charge on any atom is 0.407 e. The molecule has 37 heavy (non-hydrogen) atoms. The fourth-order valence-electron chi connectivity index (χ4n) is 4.78. The lowest BCUT2D eigenvalue weighted by Crippen LogP contribution is -2.32. The van der Waals surface area contributed by atoms with Gasteiger partial charge in [0.15, 0.2) is 5.43 Å². The Bertz CT molecular complexity index is 1260. The topological polar surface area (TPSA) is 98.7 Å². The molecule has 2 aromatic carbocycles. The lowest BCUT2D eigenvalue weighted by molar-refractivity contribution is 0.0585. The number of methoxy groups -OCH3 is 1. The minimum Gasteiger partial charge on any atom is -0.464 e. The predicted octanol–water partition coefficient (Wildman–Crippen LogP) is 4.07. The number of halogens is 1. The minimum atomic E-state index is -0.517. The van der Waals surface area contributed by atoms with Crippen LogP contribution in [0.25, 0.3) is 10.9 Å². The first-order valence-corrected chi connectivity index (χ1v) is 12.5. The molecule has 4 rings (SSSR count). The van der Waals surface area contributed by atoms with Crippen molar-refractivity contribution in [1.82, 2.24) is 15.2 Å². The highest BCUT2D eigenvalue weighted by molar-refractivity contribution is 5.93. The van der Waals surface area contributed by atoms with Crippen molar-refractivity contribution in [2.24, 2.45) is 5.92 Å². The van der Waals surface area contributed by atoms with Crippen LogP contribution in [0.3, 0.4) is 0 Å². The van der Waals surface area contributed by atoms with Gasteiger partial charge in [0.25, 0.3) is 0 Å². The molecular formula is C28H34ClN3O5. The summed E-state index contributed by atoms with van der Waals surface area (Å²) in [6.45, 7) is 2.81. The predicted molar refractivity (Wildman–Crippen MR) is 145 cm³/mol. The van der Waals surface area contributed by atoms with Crippen LogP contribution in [0.5, 0.6) is 0 Å². The Morgan fingerprint density at radius 3 is 2.49 bits per heavy atom. The molecule has 2 heterocycles. The van der Waals surface area contributed by atoms with Gasteiger partial charge in [-0.15, -0.1) is 12.4 Å². The van der Waals surface area contributed by atoms with Gasteiger partial charge in [0, 0.05) is 24.0 Å². The zero-order valence-electron chi connectivity index (χ0n) is 21.0. The van der Waals surface area contributed by atoms with Gasteiger partial charge in [0.05, 0.1) is 12.6 Å². The van der Waals surface area contributed by atoms with Crippen molar-refractivity contribution in [1.29, 1.82) is 0 Å². The summed E-state index contributed by atoms with van der Waals surface area (Å²) >= 11 is 0. The summed E-state index contributed by atoms with van der Waals surface area (Å²) in [5, 5.41) is 6.70. The van der Waals surface area contributed by atoms with Crippen molar-refractivity contribution >= 4 is 35.4 Å². The van der Waals surface area contributed by atoms with E-state index in [-0.39, 0.29) is 24.4 Å². The molecule has 0 saturated carbocycles. The quantitative estimate of drug-likeness (QED) is 0.321. The van der Waals surface area contributed by atoms with Gasteiger partial charge >= 0.3 is 12.1 Å². The number of carbonyl (C=O) groups is 2. The van der Waals surface area contributed by atoms with Crippen molar-refractivity contribution in [3.05, 3.63) is 81.6 Å². The highest BCUT2D eigenvalue weighted by Crippen LogP contribution is 2.23. The number of esters is 1. The molecule has 1 saturated heterocycles. The van der Waals surface area contributed by atoms with Gasteiger partial charge in [-0.05, 0) is 62.4 Å². The molecule has 0 bridgehead atoms. The number of amides is 1. The van der Waals surface area contributed by atoms with E-state index in [0.29, 0.717) is 54.0 Å². The number of fused-ring (bicyclic) bond motifs is 1. The van der Waals surface area contributed by atoms with E-state index in [4.69, 9.17) is 9.47 Å². The number of pyridine rings is 1. The van der Waals surface area contributed by atoms with Gasteiger partial charge in [-0.25, -0.2) is 9.59 Å². The lowest BCUT2D eigenvalue weighted by atomic mass is 9.89. The highest BCUT2D eigenvalue weighted by Gasteiger charge is 2.26. The van der Waals surface area contributed by atoms with Crippen molar-refractivity contribution in [3.8, 4) is 0 Å². The Balaban J connectivity index is 0.00000380. The molecule has 9 heteroatoms. The second kappa shape index (κ2) is 13.8. The van der Waals surface area contributed by atoms with Crippen LogP contribution in [0.1, 0.15) is 40.9 Å². The maximum atomic E-state index is 13.5. The fraction of sp³-hybridized carbons (Fsp3) is 0.393. The lowest BCUT2D eigenvalue weighted by Gasteiger charge is -2.25. The molecule has 1 aliphatic heterocycles. The Morgan fingerprint density at radius 1 is 1.05 bits per heavy atom. The average Bonchev–Trinajstić information content (AvgIpc) is 2.92. The number of nitrogens with zero attached hydrogens (tertiary/aromatic N) is 1. The number of para-hydroxylation sites is 1. The molecule has 198 valence electrons. The van der Waals surface area contributed by atoms with Crippen LogP contribution in [-0.4, -0.2) is 43.4 Å². The van der Waals surface area contributed by atoms with Gasteiger partial charge in [-0.1, -0.05) is 42.5 Å². The normalized spacial score (nSPS) is 13.5. The smallest absolute Gasteiger partial charge is 0.407 e. The van der Waals surface area contributed by atoms with Crippen LogP contribution in [0.2, 0.25) is 0 Å². The van der Waals surface area contributed by atoms with Crippen LogP contribution in [0.15, 0.2) is 59.4 Å². The number of benzene rings is 2. The third-order valence-corrected chi connectivity index (χ3v) is 6.64. The Kier molecular flexibility index (Phi) is 10.5. The molecule has 2 N–H and O–H groups in total. The van der Waals surface area contributed by atoms with Gasteiger partial charge in [0.1, 0.15) is 12.3 Å². The summed E-state index contributed by atoms with van der Waals surface area (Å²) in [5.41, 5.74) is 2.32. The molecule has 1 aliphatic rings. The molecule has 0 radical (unpaired) electrons. The molecule has 8 nitrogen and oxygen atoms in total. The number of nitrogens with one attached hydrogen (secondary N) is 2. The van der Waals surface area contributed by atoms with Gasteiger partial charge in [0.2, 0.25) is 0 Å². The number of rotatable bonds is 9. The Morgan fingerprint density at radius 2 is 1.76 bits per heavy atom. The molecule has 0 atom stereocenters. The Hall–Kier alpha value is -3.36. The first-order chi connectivity index (χ1) is 17.6. The number of aryl methyl sites for hydroxylation is 1. The SMILES string of the molecule is COC(=O)c1c(CC2CCNCC2)c(=O)c2ccccc2n1CCCNC(=O)OCc1ccccc1.Cl. The number of alkyl carbamates (subject to hydrolysis) is 1. The van der Waals surface area contributed by atoms with E-state index in [0.717, 1.165) is 31.5 Å². The molecule has 0 unspecified atom stereocenters. The molecule has 1 aromatic heterocycles. The number of hydrogen-bond donors (Lipinski definition) is 2. The summed E-state index contributed by atoms with van der Waals surface area (Å²) < 4.78 is 12.3. The number of ether oxygens (including phenoxy) is 2. The molecule has 1 amide bonds. The zero-order valence-corrected chi connectivity index (χ0v) is 21.9. The molecule has 0 spiro atoms. The van der Waals surface area contributed by atoms with Crippen LogP contribution in [-0.2, 0) is 29.0 Å². The van der Waals surface area contributed by atoms with E-state index in [1.54, 1.807) is 6.07 Å². The summed E-state index contributed by atoms with van der Waals surface area (Å²) in [4.78, 5) is 38.6. The maximum absolute atomic E-state index is 13.5. The third-order valence-electron chi connectivity index (χ3n) is 6.64. The second-order valence-electron chi connectivity index (χ2n) is 9.06. The van der Waals surface area contributed by atoms with E-state index in [9.17, 15) is 14.4 Å². The number of hydrogen-bond acceptors (Lipinski definition) is 6. The van der Waals surface area contributed by atoms with Crippen LogP contribution >= 0.6 is 12.4 Å². The first kappa shape index (κ1) is 28.2. The van der Waals surface area contributed by atoms with Crippen LogP contribution in [0, 0.1) is 5.92 Å². The molecular weight excluding hydrogens is 494 g/mol. The van der Waals surface area contributed by atoms with Gasteiger partial charge < -0.3 is 24.7 Å². The summed E-state index contributed by atoms with van der Waals surface area (Å²) in [5.74, 6) is -0.185. The molecule has 1 fully saturated rings. The van der Waals surface area contributed by atoms with E-state index in [1.807, 2.05) is 53.1 Å². The summed E-state index contributed by atoms with van der Waals surface area (Å²) in [7, 11) is 1.34. The van der Waals surface area contributed by atoms with E-state index < -0.39 is 12.1 Å². The van der Waals surface area contributed by atoms with E-state index in [1.165, 1.54) is 7.11 Å². The standard InChI is InChI=1S/C28H33N3O5.ClH/c1-35-27(33)25-23(18-20-12-15-29-16-13-20)26(32)22-10-5-6-11-24(22)31(25)17-7-14-30-28(34)36-19-21-8-3-2-4-9-21;/h2-6,8-11,20,29H,7,12-19H2,1H3,(H,30,34);1H. The average molecular weight is 528 g/mol. The van der Waals surface area contributed by atoms with Crippen LogP contribution in [0.4, 0.5) is 4.79 Å². The van der Waals surface area contributed by atoms with Crippen molar-refractivity contribution in [3.63, 3.8) is 0 Å². The number of aromatic nitrogens is 1. The molecule has 3 aromatic rings. The van der Waals surface area contributed by atoms with Gasteiger partial charge in [-0.2, -0.15) is 0 Å². The van der Waals surface area contributed by atoms with E-state index >= 15 is 0 Å². The van der Waals surface area contributed by atoms with Crippen molar-refractivity contribution in [2.75, 3.05) is 26.7 Å². The molecule has 0 aliphatic carbocycles. The highest BCUT2D eigenvalue weighted by atomic mass is 35.5. The van der Waals surface area contributed by atoms with Crippen molar-refractivity contribution < 1.29 is 19.1 Å². The number of piperidine rings is 1. The monoisotopic (exact) mass is 527 g/mol. The zero-order chi connectivity index (χ0) is 25.3. The Labute approximate surface area is 222 Å². The fourth-order valence-corrected chi connectivity index (χ4v) is 4.78. The van der Waals surface area contributed by atoms with Gasteiger partial charge in [-0.3, -0.25) is 4.79 Å².